The van der Waals surface area contributed by atoms with Crippen LogP contribution in [0.25, 0.3) is 0 Å². The summed E-state index contributed by atoms with van der Waals surface area (Å²) in [5, 5.41) is 0. The van der Waals surface area contributed by atoms with Gasteiger partial charge in [-0.1, -0.05) is 32.0 Å². The number of fused-ring (bicyclic) bond motifs is 1. The van der Waals surface area contributed by atoms with Gasteiger partial charge in [-0.15, -0.1) is 0 Å². The van der Waals surface area contributed by atoms with E-state index < -0.39 is 0 Å². The van der Waals surface area contributed by atoms with Crippen LogP contribution in [0.3, 0.4) is 0 Å². The summed E-state index contributed by atoms with van der Waals surface area (Å²) < 4.78 is 0. The minimum Gasteiger partial charge on any atom is -0.309 e. The van der Waals surface area contributed by atoms with E-state index in [9.17, 15) is 4.79 Å². The third-order valence-corrected chi connectivity index (χ3v) is 3.57. The first-order valence-electron chi connectivity index (χ1n) is 6.43. The summed E-state index contributed by atoms with van der Waals surface area (Å²) >= 11 is 0. The molecule has 2 nitrogen and oxygen atoms in total. The van der Waals surface area contributed by atoms with Gasteiger partial charge in [0.2, 0.25) is 5.91 Å². The number of hydrogen-bond donors (Lipinski definition) is 0. The van der Waals surface area contributed by atoms with Crippen molar-refractivity contribution in [2.24, 2.45) is 11.8 Å². The van der Waals surface area contributed by atoms with Crippen LogP contribution in [0.15, 0.2) is 24.3 Å². The molecule has 1 amide bonds. The van der Waals surface area contributed by atoms with Crippen LogP contribution in [0.4, 0.5) is 5.69 Å². The van der Waals surface area contributed by atoms with Crippen LogP contribution in [-0.2, 0) is 11.2 Å². The topological polar surface area (TPSA) is 20.3 Å². The van der Waals surface area contributed by atoms with Gasteiger partial charge in [0, 0.05) is 17.6 Å². The Kier molecular flexibility index (Phi) is 3.23. The Labute approximate surface area is 104 Å². The molecule has 1 aliphatic rings. The molecule has 1 unspecified atom stereocenters. The molecule has 0 fully saturated rings. The molecule has 17 heavy (non-hydrogen) atoms. The number of nitrogens with zero attached hydrogens (tertiary/aromatic N) is 1. The number of carbonyl (C=O) groups is 1. The van der Waals surface area contributed by atoms with E-state index in [1.165, 1.54) is 5.56 Å². The zero-order chi connectivity index (χ0) is 12.6. The Balaban J connectivity index is 2.47. The average Bonchev–Trinajstić information content (AvgIpc) is 2.27. The average molecular weight is 231 g/mol. The minimum atomic E-state index is 0.132. The maximum atomic E-state index is 12.5. The highest BCUT2D eigenvalue weighted by molar-refractivity contribution is 5.98. The lowest BCUT2D eigenvalue weighted by Gasteiger charge is -2.38. The molecule has 1 aliphatic heterocycles. The van der Waals surface area contributed by atoms with E-state index in [1.807, 2.05) is 11.0 Å². The molecule has 0 aliphatic carbocycles. The van der Waals surface area contributed by atoms with Crippen molar-refractivity contribution in [2.75, 3.05) is 4.90 Å². The third-order valence-electron chi connectivity index (χ3n) is 3.57. The quantitative estimate of drug-likeness (QED) is 0.765. The fraction of sp³-hybridized carbons (Fsp3) is 0.533. The number of hydrogen-bond acceptors (Lipinski definition) is 1. The van der Waals surface area contributed by atoms with E-state index in [4.69, 9.17) is 0 Å². The fourth-order valence-electron chi connectivity index (χ4n) is 2.59. The molecule has 0 aromatic heterocycles. The number of rotatable bonds is 2. The van der Waals surface area contributed by atoms with Crippen LogP contribution >= 0.6 is 0 Å². The highest BCUT2D eigenvalue weighted by atomic mass is 16.2. The van der Waals surface area contributed by atoms with Crippen molar-refractivity contribution < 1.29 is 4.79 Å². The molecular formula is C15H21NO. The molecule has 1 aromatic rings. The largest absolute Gasteiger partial charge is 0.309 e. The van der Waals surface area contributed by atoms with E-state index in [1.54, 1.807) is 0 Å². The molecule has 0 N–H and O–H groups in total. The predicted molar refractivity (Wildman–Crippen MR) is 71.1 cm³/mol. The summed E-state index contributed by atoms with van der Waals surface area (Å²) in [6.07, 6.45) is 0.885. The molecule has 0 radical (unpaired) electrons. The summed E-state index contributed by atoms with van der Waals surface area (Å²) in [6.45, 7) is 8.43. The molecule has 0 spiro atoms. The molecule has 0 bridgehead atoms. The van der Waals surface area contributed by atoms with Crippen LogP contribution in [0.5, 0.6) is 0 Å². The molecule has 2 heteroatoms. The summed E-state index contributed by atoms with van der Waals surface area (Å²) in [6, 6.07) is 8.50. The number of amides is 1. The number of carbonyl (C=O) groups excluding carboxylic acids is 1. The Morgan fingerprint density at radius 2 is 1.82 bits per heavy atom. The van der Waals surface area contributed by atoms with Gasteiger partial charge in [-0.3, -0.25) is 4.79 Å². The summed E-state index contributed by atoms with van der Waals surface area (Å²) in [5.74, 6) is 0.818. The second kappa shape index (κ2) is 4.52. The first-order chi connectivity index (χ1) is 8.02. The van der Waals surface area contributed by atoms with Crippen molar-refractivity contribution in [1.82, 2.24) is 0 Å². The highest BCUT2D eigenvalue weighted by Gasteiger charge is 2.35. The SMILES string of the molecule is CC(C)C1Cc2ccccc2N(C(C)C)C1=O. The standard InChI is InChI=1S/C15H21NO/c1-10(2)13-9-12-7-5-6-8-14(12)16(11(3)4)15(13)17/h5-8,10-11,13H,9H2,1-4H3. The number of para-hydroxylation sites is 1. The van der Waals surface area contributed by atoms with Crippen molar-refractivity contribution >= 4 is 11.6 Å². The van der Waals surface area contributed by atoms with Gasteiger partial charge < -0.3 is 4.90 Å². The normalized spacial score (nSPS) is 20.0. The van der Waals surface area contributed by atoms with Crippen molar-refractivity contribution in [1.29, 1.82) is 0 Å². The van der Waals surface area contributed by atoms with Crippen LogP contribution in [0.1, 0.15) is 33.3 Å². The lowest BCUT2D eigenvalue weighted by Crippen LogP contribution is -2.46. The lowest BCUT2D eigenvalue weighted by atomic mass is 9.83. The molecule has 1 aromatic carbocycles. The molecule has 92 valence electrons. The molecule has 1 heterocycles. The van der Waals surface area contributed by atoms with Crippen molar-refractivity contribution in [3.05, 3.63) is 29.8 Å². The van der Waals surface area contributed by atoms with Gasteiger partial charge in [0.15, 0.2) is 0 Å². The zero-order valence-electron chi connectivity index (χ0n) is 11.1. The minimum absolute atomic E-state index is 0.132. The molecule has 2 rings (SSSR count). The second-order valence-corrected chi connectivity index (χ2v) is 5.49. The molecular weight excluding hydrogens is 210 g/mol. The zero-order valence-corrected chi connectivity index (χ0v) is 11.1. The van der Waals surface area contributed by atoms with Crippen LogP contribution < -0.4 is 4.90 Å². The fourth-order valence-corrected chi connectivity index (χ4v) is 2.59. The van der Waals surface area contributed by atoms with Crippen LogP contribution in [0, 0.1) is 11.8 Å². The highest BCUT2D eigenvalue weighted by Crippen LogP contribution is 2.34. The maximum Gasteiger partial charge on any atom is 0.230 e. The Morgan fingerprint density at radius 3 is 2.41 bits per heavy atom. The number of benzene rings is 1. The maximum absolute atomic E-state index is 12.5. The number of anilines is 1. The summed E-state index contributed by atoms with van der Waals surface area (Å²) in [7, 11) is 0. The van der Waals surface area contributed by atoms with Gasteiger partial charge in [-0.25, -0.2) is 0 Å². The van der Waals surface area contributed by atoms with E-state index >= 15 is 0 Å². The first-order valence-corrected chi connectivity index (χ1v) is 6.43. The van der Waals surface area contributed by atoms with E-state index in [0.717, 1.165) is 12.1 Å². The van der Waals surface area contributed by atoms with Crippen LogP contribution in [-0.4, -0.2) is 11.9 Å². The molecule has 1 atom stereocenters. The van der Waals surface area contributed by atoms with Gasteiger partial charge in [0.1, 0.15) is 0 Å². The van der Waals surface area contributed by atoms with Gasteiger partial charge in [-0.2, -0.15) is 0 Å². The van der Waals surface area contributed by atoms with Crippen molar-refractivity contribution in [2.45, 2.75) is 40.2 Å². The molecule has 0 saturated heterocycles. The van der Waals surface area contributed by atoms with Crippen molar-refractivity contribution in [3.63, 3.8) is 0 Å². The van der Waals surface area contributed by atoms with Gasteiger partial charge in [0.05, 0.1) is 0 Å². The Morgan fingerprint density at radius 1 is 1.18 bits per heavy atom. The van der Waals surface area contributed by atoms with E-state index in [0.29, 0.717) is 5.92 Å². The lowest BCUT2D eigenvalue weighted by molar-refractivity contribution is -0.124. The van der Waals surface area contributed by atoms with E-state index in [2.05, 4.69) is 45.9 Å². The van der Waals surface area contributed by atoms with E-state index in [-0.39, 0.29) is 17.9 Å². The summed E-state index contributed by atoms with van der Waals surface area (Å²) in [5.41, 5.74) is 2.41. The molecule has 0 saturated carbocycles. The van der Waals surface area contributed by atoms with Crippen LogP contribution in [0.2, 0.25) is 0 Å². The smallest absolute Gasteiger partial charge is 0.230 e. The van der Waals surface area contributed by atoms with Crippen molar-refractivity contribution in [3.8, 4) is 0 Å². The first kappa shape index (κ1) is 12.2. The monoisotopic (exact) mass is 231 g/mol. The Bertz CT molecular complexity index is 423. The van der Waals surface area contributed by atoms with Gasteiger partial charge in [0.25, 0.3) is 0 Å². The predicted octanol–water partition coefficient (Wildman–Crippen LogP) is 3.26. The summed E-state index contributed by atoms with van der Waals surface area (Å²) in [4.78, 5) is 14.5. The Hall–Kier alpha value is -1.31. The van der Waals surface area contributed by atoms with Gasteiger partial charge >= 0.3 is 0 Å². The van der Waals surface area contributed by atoms with Gasteiger partial charge in [-0.05, 0) is 37.8 Å². The second-order valence-electron chi connectivity index (χ2n) is 5.49. The third kappa shape index (κ3) is 2.08.